The Morgan fingerprint density at radius 1 is 1.37 bits per heavy atom. The van der Waals surface area contributed by atoms with Crippen molar-refractivity contribution < 1.29 is 27.5 Å². The molecule has 0 amide bonds. The Morgan fingerprint density at radius 3 is 2.47 bits per heavy atom. The van der Waals surface area contributed by atoms with Crippen molar-refractivity contribution in [2.24, 2.45) is 0 Å². The minimum absolute atomic E-state index is 0.0556. The molecule has 30 heavy (non-hydrogen) atoms. The number of nitrogens with two attached hydrogens (primary N) is 1. The van der Waals surface area contributed by atoms with Gasteiger partial charge in [0.05, 0.1) is 0 Å². The van der Waals surface area contributed by atoms with Crippen LogP contribution in [0.4, 0.5) is 5.82 Å². The van der Waals surface area contributed by atoms with Gasteiger partial charge in [-0.05, 0) is 31.1 Å². The Bertz CT molecular complexity index is 849. The van der Waals surface area contributed by atoms with Gasteiger partial charge < -0.3 is 28.7 Å². The van der Waals surface area contributed by atoms with E-state index < -0.39 is 39.7 Å². The summed E-state index contributed by atoms with van der Waals surface area (Å²) in [6.07, 6.45) is 0.346. The first kappa shape index (κ1) is 25.2. The van der Waals surface area contributed by atoms with Crippen LogP contribution in [-0.2, 0) is 27.5 Å². The average molecular weight is 464 g/mol. The first-order valence-corrected chi connectivity index (χ1v) is 14.3. The van der Waals surface area contributed by atoms with Gasteiger partial charge in [-0.2, -0.15) is 4.98 Å². The molecular weight excluding hydrogens is 429 g/mol. The lowest BCUT2D eigenvalue weighted by atomic mass is 10.1. The van der Waals surface area contributed by atoms with Crippen LogP contribution in [0.1, 0.15) is 40.3 Å². The van der Waals surface area contributed by atoms with E-state index in [9.17, 15) is 9.36 Å². The van der Waals surface area contributed by atoms with Gasteiger partial charge in [-0.1, -0.05) is 20.8 Å². The topological polar surface area (TPSA) is 124 Å². The molecule has 0 bridgehead atoms. The molecule has 12 heteroatoms. The lowest BCUT2D eigenvalue weighted by Gasteiger charge is -2.41. The van der Waals surface area contributed by atoms with E-state index in [0.717, 1.165) is 0 Å². The van der Waals surface area contributed by atoms with Gasteiger partial charge in [0.25, 0.3) is 0 Å². The summed E-state index contributed by atoms with van der Waals surface area (Å²) >= 11 is 0. The first-order chi connectivity index (χ1) is 13.7. The number of hydrogen-bond donors (Lipinski definition) is 1. The minimum atomic E-state index is -3.44. The lowest BCUT2D eigenvalue weighted by Crippen LogP contribution is -2.50. The number of ether oxygens (including phenoxy) is 2. The zero-order chi connectivity index (χ0) is 23.0. The Balaban J connectivity index is 2.36. The van der Waals surface area contributed by atoms with E-state index in [1.54, 1.807) is 6.92 Å². The molecule has 0 unspecified atom stereocenters. The molecule has 3 atom stereocenters. The normalized spacial score (nSPS) is 25.6. The fourth-order valence-corrected chi connectivity index (χ4v) is 4.96. The highest BCUT2D eigenvalue weighted by Gasteiger charge is 2.53. The van der Waals surface area contributed by atoms with Crippen LogP contribution < -0.4 is 11.4 Å². The third-order valence-electron chi connectivity index (χ3n) is 5.84. The summed E-state index contributed by atoms with van der Waals surface area (Å²) in [6, 6.07) is 1.52. The second kappa shape index (κ2) is 8.82. The first-order valence-electron chi connectivity index (χ1n) is 9.71. The van der Waals surface area contributed by atoms with E-state index in [4.69, 9.17) is 28.7 Å². The van der Waals surface area contributed by atoms with Crippen LogP contribution in [0.15, 0.2) is 17.1 Å². The molecule has 0 aliphatic carbocycles. The van der Waals surface area contributed by atoms with Crippen molar-refractivity contribution >= 4 is 21.7 Å². The Hall–Kier alpha value is -1.07. The fraction of sp³-hybridized carbons (Fsp3) is 0.778. The molecule has 1 fully saturated rings. The summed E-state index contributed by atoms with van der Waals surface area (Å²) in [5, 5.41) is -0.0556. The molecule has 0 radical (unpaired) electrons. The maximum absolute atomic E-state index is 12.5. The van der Waals surface area contributed by atoms with E-state index >= 15 is 0 Å². The maximum Gasteiger partial charge on any atom is 0.355 e. The quantitative estimate of drug-likeness (QED) is 0.456. The second-order valence-corrected chi connectivity index (χ2v) is 15.9. The largest absolute Gasteiger partial charge is 0.408 e. The van der Waals surface area contributed by atoms with E-state index in [2.05, 4.69) is 38.8 Å². The molecule has 1 aliphatic heterocycles. The number of anilines is 1. The summed E-state index contributed by atoms with van der Waals surface area (Å²) in [5.41, 5.74) is 5.06. The van der Waals surface area contributed by atoms with Crippen molar-refractivity contribution in [3.05, 3.63) is 22.7 Å². The molecule has 2 rings (SSSR count). The predicted octanol–water partition coefficient (Wildman–Crippen LogP) is 3.31. The van der Waals surface area contributed by atoms with Gasteiger partial charge in [-0.3, -0.25) is 9.13 Å². The Labute approximate surface area is 178 Å². The SMILES string of the molecule is COP(=O)(CO[C@@]1(C)O[C@@H](n2ccc(N)nc2=O)C[C@@H]1O[Si](C)(C)C(C)(C)C)OC. The maximum atomic E-state index is 12.5. The van der Waals surface area contributed by atoms with Gasteiger partial charge in [0.15, 0.2) is 20.5 Å². The molecule has 1 aromatic rings. The predicted molar refractivity (Wildman–Crippen MR) is 116 cm³/mol. The van der Waals surface area contributed by atoms with Crippen molar-refractivity contribution in [3.8, 4) is 0 Å². The molecule has 0 aromatic carbocycles. The molecular formula is C18H34N3O7PSi. The zero-order valence-electron chi connectivity index (χ0n) is 19.0. The van der Waals surface area contributed by atoms with Crippen LogP contribution in [0.3, 0.4) is 0 Å². The standard InChI is InChI=1S/C18H34N3O7PSi/c1-17(2,3)30(7,8)28-13-11-15(21-10-9-14(19)20-16(21)22)27-18(13,4)26-12-29(23,24-5)25-6/h9-10,13,15H,11-12H2,1-8H3,(H2,19,20,22)/t13-,15+,18-/m0/s1. The monoisotopic (exact) mass is 463 g/mol. The molecule has 2 heterocycles. The summed E-state index contributed by atoms with van der Waals surface area (Å²) in [6.45, 7) is 12.3. The number of rotatable bonds is 8. The van der Waals surface area contributed by atoms with E-state index in [1.165, 1.54) is 31.0 Å². The lowest BCUT2D eigenvalue weighted by molar-refractivity contribution is -0.246. The molecule has 10 nitrogen and oxygen atoms in total. The fourth-order valence-electron chi connectivity index (χ4n) is 2.81. The number of nitrogens with zero attached hydrogens (tertiary/aromatic N) is 2. The van der Waals surface area contributed by atoms with Gasteiger partial charge in [0, 0.05) is 26.8 Å². The molecule has 1 aliphatic rings. The Kier molecular flexibility index (Phi) is 7.40. The van der Waals surface area contributed by atoms with Gasteiger partial charge in [-0.25, -0.2) is 4.79 Å². The van der Waals surface area contributed by atoms with Crippen LogP contribution in [0, 0.1) is 0 Å². The third-order valence-corrected chi connectivity index (χ3v) is 11.9. The van der Waals surface area contributed by atoms with Gasteiger partial charge in [0.1, 0.15) is 18.1 Å². The highest BCUT2D eigenvalue weighted by molar-refractivity contribution is 7.53. The number of aromatic nitrogens is 2. The Morgan fingerprint density at radius 2 is 1.97 bits per heavy atom. The van der Waals surface area contributed by atoms with Gasteiger partial charge in [-0.15, -0.1) is 0 Å². The number of hydrogen-bond acceptors (Lipinski definition) is 9. The van der Waals surface area contributed by atoms with Gasteiger partial charge >= 0.3 is 13.3 Å². The van der Waals surface area contributed by atoms with Gasteiger partial charge in [0.2, 0.25) is 0 Å². The third kappa shape index (κ3) is 5.39. The second-order valence-electron chi connectivity index (χ2n) is 8.98. The summed E-state index contributed by atoms with van der Waals surface area (Å²) < 4.78 is 42.4. The van der Waals surface area contributed by atoms with Crippen LogP contribution >= 0.6 is 7.60 Å². The van der Waals surface area contributed by atoms with Crippen LogP contribution in [0.2, 0.25) is 18.1 Å². The van der Waals surface area contributed by atoms with E-state index in [0.29, 0.717) is 6.42 Å². The van der Waals surface area contributed by atoms with Crippen molar-refractivity contribution in [1.29, 1.82) is 0 Å². The van der Waals surface area contributed by atoms with E-state index in [1.807, 2.05) is 0 Å². The van der Waals surface area contributed by atoms with Crippen molar-refractivity contribution in [2.75, 3.05) is 26.3 Å². The zero-order valence-corrected chi connectivity index (χ0v) is 20.9. The van der Waals surface area contributed by atoms with Crippen molar-refractivity contribution in [1.82, 2.24) is 9.55 Å². The summed E-state index contributed by atoms with van der Waals surface area (Å²) in [4.78, 5) is 16.1. The van der Waals surface area contributed by atoms with Crippen molar-refractivity contribution in [3.63, 3.8) is 0 Å². The highest BCUT2D eigenvalue weighted by Crippen LogP contribution is 2.50. The molecule has 0 saturated carbocycles. The molecule has 1 saturated heterocycles. The molecule has 2 N–H and O–H groups in total. The smallest absolute Gasteiger partial charge is 0.355 e. The summed E-state index contributed by atoms with van der Waals surface area (Å²) in [5.74, 6) is -1.16. The highest BCUT2D eigenvalue weighted by atomic mass is 31.2. The molecule has 172 valence electrons. The van der Waals surface area contributed by atoms with Crippen LogP contribution in [0.5, 0.6) is 0 Å². The molecule has 1 aromatic heterocycles. The number of nitrogen functional groups attached to an aromatic ring is 1. The van der Waals surface area contributed by atoms with Crippen LogP contribution in [0.25, 0.3) is 0 Å². The molecule has 0 spiro atoms. The minimum Gasteiger partial charge on any atom is -0.408 e. The summed E-state index contributed by atoms with van der Waals surface area (Å²) in [7, 11) is -3.08. The average Bonchev–Trinajstić information content (AvgIpc) is 2.95. The van der Waals surface area contributed by atoms with E-state index in [-0.39, 0.29) is 17.2 Å². The van der Waals surface area contributed by atoms with Crippen molar-refractivity contribution in [2.45, 2.75) is 70.4 Å². The van der Waals surface area contributed by atoms with Crippen LogP contribution in [-0.4, -0.2) is 50.3 Å².